The largest absolute Gasteiger partial charge is 0.398 e. The molecule has 0 aromatic heterocycles. The lowest BCUT2D eigenvalue weighted by Gasteiger charge is -2.09. The molecule has 0 fully saturated rings. The Labute approximate surface area is 114 Å². The van der Waals surface area contributed by atoms with E-state index in [0.29, 0.717) is 0 Å². The minimum atomic E-state index is -0.674. The Morgan fingerprint density at radius 2 is 1.95 bits per heavy atom. The molecule has 5 heteroatoms. The van der Waals surface area contributed by atoms with Gasteiger partial charge in [-0.3, -0.25) is 4.79 Å². The predicted molar refractivity (Wildman–Crippen MR) is 71.6 cm³/mol. The number of ketones is 1. The van der Waals surface area contributed by atoms with Crippen molar-refractivity contribution in [3.8, 4) is 0 Å². The zero-order valence-corrected chi connectivity index (χ0v) is 10.6. The average molecular weight is 280 g/mol. The van der Waals surface area contributed by atoms with Gasteiger partial charge in [-0.05, 0) is 24.3 Å². The van der Waals surface area contributed by atoms with Crippen molar-refractivity contribution in [2.75, 3.05) is 5.73 Å². The Bertz CT molecular complexity index is 643. The van der Waals surface area contributed by atoms with Crippen LogP contribution in [-0.2, 0) is 6.61 Å². The number of anilines is 1. The van der Waals surface area contributed by atoms with E-state index in [0.717, 1.165) is 6.07 Å². The van der Waals surface area contributed by atoms with E-state index in [-0.39, 0.29) is 27.4 Å². The van der Waals surface area contributed by atoms with Crippen molar-refractivity contribution in [1.29, 1.82) is 0 Å². The smallest absolute Gasteiger partial charge is 0.196 e. The molecular formula is C14H11ClFNO2. The van der Waals surface area contributed by atoms with Crippen molar-refractivity contribution in [3.63, 3.8) is 0 Å². The number of carbonyl (C=O) groups is 1. The monoisotopic (exact) mass is 279 g/mol. The maximum Gasteiger partial charge on any atom is 0.196 e. The van der Waals surface area contributed by atoms with E-state index >= 15 is 0 Å². The minimum Gasteiger partial charge on any atom is -0.398 e. The third-order valence-corrected chi connectivity index (χ3v) is 3.08. The summed E-state index contributed by atoms with van der Waals surface area (Å²) in [5, 5.41) is 9.21. The zero-order chi connectivity index (χ0) is 14.0. The van der Waals surface area contributed by atoms with E-state index in [1.807, 2.05) is 0 Å². The van der Waals surface area contributed by atoms with Crippen molar-refractivity contribution < 1.29 is 14.3 Å². The molecule has 0 heterocycles. The molecule has 2 aromatic rings. The lowest BCUT2D eigenvalue weighted by molar-refractivity contribution is 0.103. The van der Waals surface area contributed by atoms with Crippen molar-refractivity contribution >= 4 is 23.1 Å². The summed E-state index contributed by atoms with van der Waals surface area (Å²) in [5.41, 5.74) is 6.16. The molecule has 0 bridgehead atoms. The van der Waals surface area contributed by atoms with E-state index in [9.17, 15) is 9.18 Å². The van der Waals surface area contributed by atoms with Crippen molar-refractivity contribution in [2.24, 2.45) is 0 Å². The van der Waals surface area contributed by atoms with Crippen LogP contribution in [0.3, 0.4) is 0 Å². The quantitative estimate of drug-likeness (QED) is 0.671. The fraction of sp³-hybridized carbons (Fsp3) is 0.0714. The molecule has 0 unspecified atom stereocenters. The summed E-state index contributed by atoms with van der Waals surface area (Å²) in [4.78, 5) is 12.2. The highest BCUT2D eigenvalue weighted by atomic mass is 35.5. The lowest BCUT2D eigenvalue weighted by Crippen LogP contribution is -2.08. The number of nitrogen functional groups attached to an aromatic ring is 1. The summed E-state index contributed by atoms with van der Waals surface area (Å²) in [6, 6.07) is 8.74. The fourth-order valence-corrected chi connectivity index (χ4v) is 1.97. The van der Waals surface area contributed by atoms with Gasteiger partial charge in [-0.1, -0.05) is 23.7 Å². The van der Waals surface area contributed by atoms with E-state index in [2.05, 4.69) is 0 Å². The van der Waals surface area contributed by atoms with Gasteiger partial charge in [0.15, 0.2) is 5.78 Å². The molecule has 19 heavy (non-hydrogen) atoms. The maximum atomic E-state index is 13.6. The van der Waals surface area contributed by atoms with Crippen LogP contribution in [0.25, 0.3) is 0 Å². The molecule has 0 aliphatic rings. The molecule has 0 aliphatic carbocycles. The minimum absolute atomic E-state index is 0.0304. The first-order valence-corrected chi connectivity index (χ1v) is 5.90. The van der Waals surface area contributed by atoms with Gasteiger partial charge in [-0.25, -0.2) is 4.39 Å². The summed E-state index contributed by atoms with van der Waals surface area (Å²) in [6.07, 6.45) is 0. The van der Waals surface area contributed by atoms with Crippen molar-refractivity contribution in [2.45, 2.75) is 6.61 Å². The fourth-order valence-electron chi connectivity index (χ4n) is 1.75. The number of halogens is 2. The summed E-state index contributed by atoms with van der Waals surface area (Å²) in [5.74, 6) is -1.13. The molecule has 0 radical (unpaired) electrons. The number of carbonyl (C=O) groups excluding carboxylic acids is 1. The third-order valence-electron chi connectivity index (χ3n) is 2.75. The highest BCUT2D eigenvalue weighted by Gasteiger charge is 2.17. The van der Waals surface area contributed by atoms with Gasteiger partial charge in [0.2, 0.25) is 0 Å². The van der Waals surface area contributed by atoms with Crippen LogP contribution in [-0.4, -0.2) is 10.9 Å². The number of aliphatic hydroxyl groups excluding tert-OH is 1. The number of rotatable bonds is 3. The van der Waals surface area contributed by atoms with Gasteiger partial charge in [-0.15, -0.1) is 0 Å². The van der Waals surface area contributed by atoms with Gasteiger partial charge in [0.25, 0.3) is 0 Å². The second kappa shape index (κ2) is 5.38. The highest BCUT2D eigenvalue weighted by Crippen LogP contribution is 2.24. The van der Waals surface area contributed by atoms with Crippen LogP contribution in [0.5, 0.6) is 0 Å². The van der Waals surface area contributed by atoms with Gasteiger partial charge in [0, 0.05) is 22.4 Å². The molecule has 0 aliphatic heterocycles. The molecule has 0 saturated heterocycles. The van der Waals surface area contributed by atoms with Crippen molar-refractivity contribution in [3.05, 3.63) is 63.9 Å². The van der Waals surface area contributed by atoms with Gasteiger partial charge in [0.1, 0.15) is 5.82 Å². The second-order valence-corrected chi connectivity index (χ2v) is 4.41. The van der Waals surface area contributed by atoms with Gasteiger partial charge < -0.3 is 10.8 Å². The van der Waals surface area contributed by atoms with Crippen LogP contribution in [0.4, 0.5) is 10.1 Å². The van der Waals surface area contributed by atoms with Gasteiger partial charge in [0.05, 0.1) is 11.6 Å². The summed E-state index contributed by atoms with van der Waals surface area (Å²) >= 11 is 5.92. The number of hydrogen-bond acceptors (Lipinski definition) is 3. The standard InChI is InChI=1S/C14H11ClFNO2/c15-11-4-2-1-3-9(11)14(19)10-6-12(16)8(7-18)5-13(10)17/h1-6,18H,7,17H2. The Balaban J connectivity index is 2.51. The molecule has 98 valence electrons. The van der Waals surface area contributed by atoms with E-state index in [4.69, 9.17) is 22.4 Å². The number of nitrogens with two attached hydrogens (primary N) is 1. The molecule has 0 saturated carbocycles. The number of aliphatic hydroxyl groups is 1. The topological polar surface area (TPSA) is 63.3 Å². The van der Waals surface area contributed by atoms with Crippen LogP contribution in [0, 0.1) is 5.82 Å². The first-order valence-electron chi connectivity index (χ1n) is 5.52. The summed E-state index contributed by atoms with van der Waals surface area (Å²) in [7, 11) is 0. The first-order chi connectivity index (χ1) is 9.04. The first kappa shape index (κ1) is 13.5. The Morgan fingerprint density at radius 3 is 2.58 bits per heavy atom. The molecule has 0 spiro atoms. The SMILES string of the molecule is Nc1cc(CO)c(F)cc1C(=O)c1ccccc1Cl. The molecule has 2 rings (SSSR count). The Hall–Kier alpha value is -1.91. The van der Waals surface area contributed by atoms with Crippen molar-refractivity contribution in [1.82, 2.24) is 0 Å². The molecule has 3 N–H and O–H groups in total. The van der Waals surface area contributed by atoms with Crippen LogP contribution in [0.1, 0.15) is 21.5 Å². The van der Waals surface area contributed by atoms with Crippen LogP contribution >= 0.6 is 11.6 Å². The maximum absolute atomic E-state index is 13.6. The normalized spacial score (nSPS) is 10.5. The Morgan fingerprint density at radius 1 is 1.26 bits per heavy atom. The molecule has 0 amide bonds. The predicted octanol–water partition coefficient (Wildman–Crippen LogP) is 2.78. The lowest BCUT2D eigenvalue weighted by atomic mass is 10.00. The third kappa shape index (κ3) is 2.59. The molecule has 2 aromatic carbocycles. The van der Waals surface area contributed by atoms with Gasteiger partial charge >= 0.3 is 0 Å². The molecule has 0 atom stereocenters. The van der Waals surface area contributed by atoms with Crippen LogP contribution in [0.15, 0.2) is 36.4 Å². The van der Waals surface area contributed by atoms with Crippen LogP contribution < -0.4 is 5.73 Å². The van der Waals surface area contributed by atoms with E-state index < -0.39 is 18.2 Å². The highest BCUT2D eigenvalue weighted by molar-refractivity contribution is 6.35. The zero-order valence-electron chi connectivity index (χ0n) is 9.86. The van der Waals surface area contributed by atoms with Crippen LogP contribution in [0.2, 0.25) is 5.02 Å². The molecular weight excluding hydrogens is 269 g/mol. The summed E-state index contributed by atoms with van der Waals surface area (Å²) < 4.78 is 13.6. The average Bonchev–Trinajstić information content (AvgIpc) is 2.40. The Kier molecular flexibility index (Phi) is 3.83. The summed E-state index contributed by atoms with van der Waals surface area (Å²) in [6.45, 7) is -0.476. The second-order valence-electron chi connectivity index (χ2n) is 4.00. The van der Waals surface area contributed by atoms with Gasteiger partial charge in [-0.2, -0.15) is 0 Å². The number of hydrogen-bond donors (Lipinski definition) is 2. The van der Waals surface area contributed by atoms with E-state index in [1.54, 1.807) is 24.3 Å². The van der Waals surface area contributed by atoms with E-state index in [1.165, 1.54) is 6.07 Å². The number of benzene rings is 2. The molecule has 3 nitrogen and oxygen atoms in total.